The maximum Gasteiger partial charge on any atom is 0.0656 e. The lowest BCUT2D eigenvalue weighted by Gasteiger charge is -2.62. The van der Waals surface area contributed by atoms with Crippen molar-refractivity contribution in [3.8, 4) is 0 Å². The second-order valence-electron chi connectivity index (χ2n) is 11.4. The number of hydrazine groups is 1. The van der Waals surface area contributed by atoms with Crippen molar-refractivity contribution in [3.05, 3.63) is 83.3 Å². The molecular formula is C30H36ClN7. The van der Waals surface area contributed by atoms with Gasteiger partial charge in [-0.2, -0.15) is 10.2 Å². The number of benzene rings is 2. The van der Waals surface area contributed by atoms with Crippen molar-refractivity contribution in [3.63, 3.8) is 0 Å². The Kier molecular flexibility index (Phi) is 5.94. The molecule has 1 aliphatic carbocycles. The van der Waals surface area contributed by atoms with Gasteiger partial charge < -0.3 is 4.90 Å². The van der Waals surface area contributed by atoms with E-state index in [-0.39, 0.29) is 25.4 Å². The second kappa shape index (κ2) is 8.97. The maximum absolute atomic E-state index is 7.09. The molecule has 7 rings (SSSR count). The topological polar surface area (TPSA) is 75.9 Å². The molecule has 3 fully saturated rings. The van der Waals surface area contributed by atoms with E-state index in [1.165, 1.54) is 24.0 Å². The summed E-state index contributed by atoms with van der Waals surface area (Å²) in [7, 11) is 0. The lowest BCUT2D eigenvalue weighted by molar-refractivity contribution is -0.107. The number of rotatable bonds is 5. The van der Waals surface area contributed by atoms with Crippen LogP contribution in [0.3, 0.4) is 0 Å². The Balaban J connectivity index is 0.00000264. The van der Waals surface area contributed by atoms with E-state index >= 15 is 0 Å². The molecule has 1 spiro atoms. The summed E-state index contributed by atoms with van der Waals surface area (Å²) < 4.78 is 0. The third-order valence-electron chi connectivity index (χ3n) is 9.09. The summed E-state index contributed by atoms with van der Waals surface area (Å²) in [6, 6.07) is 9.52. The second-order valence-corrected chi connectivity index (χ2v) is 11.7. The molecule has 198 valence electrons. The molecule has 4 aromatic rings. The summed E-state index contributed by atoms with van der Waals surface area (Å²) in [5.41, 5.74) is 11.0. The van der Waals surface area contributed by atoms with Crippen molar-refractivity contribution in [1.29, 1.82) is 0 Å². The van der Waals surface area contributed by atoms with Crippen LogP contribution < -0.4 is 5.43 Å². The average molecular weight is 530 g/mol. The zero-order valence-electron chi connectivity index (χ0n) is 21.3. The molecule has 1 saturated carbocycles. The first kappa shape index (κ1) is 25.2. The number of nitrogens with zero attached hydrogens (tertiary/aromatic N) is 4. The van der Waals surface area contributed by atoms with E-state index in [4.69, 9.17) is 11.6 Å². The smallest absolute Gasteiger partial charge is 0.0656 e. The fraction of sp³-hybridized carbons (Fsp3) is 0.400. The molecule has 3 N–H and O–H groups in total. The minimum atomic E-state index is 0. The number of aromatic amines is 2. The number of H-pyrrole nitrogens is 2. The van der Waals surface area contributed by atoms with Crippen molar-refractivity contribution in [1.82, 2.24) is 35.7 Å². The lowest BCUT2D eigenvalue weighted by Crippen LogP contribution is -2.67. The third-order valence-corrected chi connectivity index (χ3v) is 9.59. The molecular weight excluding hydrogens is 494 g/mol. The standard InChI is InChI=1S/C29H32ClN7.CH4/c1-5-17(3)36-14-29(15-36)10-21(11-29)37-18(4)25(26-22-13-32-34-24(22)8-16(2)27(26)30)28(35-37)19-6-7-23-20(9-19)12-31-33-23;/h5-9,12-13,18,21,25,28,35H,1,3,10-11,14-15H2,2,4H3,(H,31,33)(H,32,34);1H4/t18?,25?,28-;/m0./s1. The Morgan fingerprint density at radius 2 is 1.87 bits per heavy atom. The number of hydrogen-bond acceptors (Lipinski definition) is 5. The van der Waals surface area contributed by atoms with Gasteiger partial charge in [-0.15, -0.1) is 0 Å². The van der Waals surface area contributed by atoms with Crippen LogP contribution >= 0.6 is 11.6 Å². The Hall–Kier alpha value is -3.13. The number of aryl methyl sites for hydroxylation is 1. The molecule has 2 saturated heterocycles. The SMILES string of the molecule is C.C=CC(=C)N1CC2(CC(N3N[C@@H](c4ccc5[nH]ncc5c4)C(c4c(Cl)c(C)cc5[nH]ncc45)C3C)C2)C1. The monoisotopic (exact) mass is 529 g/mol. The summed E-state index contributed by atoms with van der Waals surface area (Å²) >= 11 is 7.09. The minimum absolute atomic E-state index is 0. The van der Waals surface area contributed by atoms with Gasteiger partial charge in [0.15, 0.2) is 0 Å². The maximum atomic E-state index is 7.09. The van der Waals surface area contributed by atoms with Crippen LogP contribution in [0.25, 0.3) is 21.8 Å². The summed E-state index contributed by atoms with van der Waals surface area (Å²) in [5, 5.41) is 20.4. The van der Waals surface area contributed by atoms with Gasteiger partial charge in [-0.05, 0) is 67.7 Å². The quantitative estimate of drug-likeness (QED) is 0.267. The molecule has 0 bridgehead atoms. The highest BCUT2D eigenvalue weighted by Crippen LogP contribution is 2.55. The van der Waals surface area contributed by atoms with Gasteiger partial charge in [0.05, 0.1) is 29.5 Å². The largest absolute Gasteiger partial charge is 0.371 e. The first-order chi connectivity index (χ1) is 17.9. The van der Waals surface area contributed by atoms with Gasteiger partial charge in [-0.25, -0.2) is 10.4 Å². The van der Waals surface area contributed by atoms with Gasteiger partial charge in [0.25, 0.3) is 0 Å². The van der Waals surface area contributed by atoms with Crippen molar-refractivity contribution < 1.29 is 0 Å². The van der Waals surface area contributed by atoms with Crippen LogP contribution in [0, 0.1) is 12.3 Å². The van der Waals surface area contributed by atoms with E-state index in [0.29, 0.717) is 11.5 Å². The zero-order chi connectivity index (χ0) is 25.5. The highest BCUT2D eigenvalue weighted by Gasteiger charge is 2.57. The molecule has 3 aliphatic rings. The molecule has 2 aromatic heterocycles. The van der Waals surface area contributed by atoms with Gasteiger partial charge in [-0.3, -0.25) is 10.2 Å². The molecule has 38 heavy (non-hydrogen) atoms. The highest BCUT2D eigenvalue weighted by atomic mass is 35.5. The van der Waals surface area contributed by atoms with Gasteiger partial charge >= 0.3 is 0 Å². The van der Waals surface area contributed by atoms with E-state index in [2.05, 4.69) is 87.0 Å². The Labute approximate surface area is 228 Å². The average Bonchev–Trinajstić information content (AvgIpc) is 3.57. The van der Waals surface area contributed by atoms with Gasteiger partial charge in [-0.1, -0.05) is 38.3 Å². The van der Waals surface area contributed by atoms with Gasteiger partial charge in [0, 0.05) is 58.0 Å². The molecule has 7 nitrogen and oxygen atoms in total. The fourth-order valence-electron chi connectivity index (χ4n) is 7.14. The fourth-order valence-corrected chi connectivity index (χ4v) is 7.42. The zero-order valence-corrected chi connectivity index (χ0v) is 22.0. The number of aromatic nitrogens is 4. The van der Waals surface area contributed by atoms with Crippen molar-refractivity contribution in [2.75, 3.05) is 13.1 Å². The number of nitrogens with one attached hydrogen (secondary N) is 3. The van der Waals surface area contributed by atoms with Crippen LogP contribution in [0.5, 0.6) is 0 Å². The number of allylic oxidation sites excluding steroid dienone is 1. The summed E-state index contributed by atoms with van der Waals surface area (Å²) in [6.07, 6.45) is 8.06. The molecule has 4 heterocycles. The van der Waals surface area contributed by atoms with Crippen LogP contribution in [0.15, 0.2) is 61.6 Å². The van der Waals surface area contributed by atoms with Crippen LogP contribution in [0.1, 0.15) is 55.8 Å². The predicted molar refractivity (Wildman–Crippen MR) is 155 cm³/mol. The predicted octanol–water partition coefficient (Wildman–Crippen LogP) is 6.23. The number of halogens is 1. The normalized spacial score (nSPS) is 24.9. The Morgan fingerprint density at radius 1 is 1.13 bits per heavy atom. The van der Waals surface area contributed by atoms with E-state index in [9.17, 15) is 0 Å². The highest BCUT2D eigenvalue weighted by molar-refractivity contribution is 6.33. The minimum Gasteiger partial charge on any atom is -0.371 e. The molecule has 3 atom stereocenters. The molecule has 8 heteroatoms. The van der Waals surface area contributed by atoms with Crippen molar-refractivity contribution in [2.45, 2.75) is 58.2 Å². The first-order valence-electron chi connectivity index (χ1n) is 13.0. The first-order valence-corrected chi connectivity index (χ1v) is 13.4. The molecule has 0 radical (unpaired) electrons. The molecule has 2 unspecified atom stereocenters. The van der Waals surface area contributed by atoms with E-state index in [0.717, 1.165) is 51.2 Å². The van der Waals surface area contributed by atoms with Crippen molar-refractivity contribution >= 4 is 33.4 Å². The molecule has 2 aromatic carbocycles. The molecule has 0 amide bonds. The van der Waals surface area contributed by atoms with Gasteiger partial charge in [0.2, 0.25) is 0 Å². The number of likely N-dealkylation sites (tertiary alicyclic amines) is 1. The summed E-state index contributed by atoms with van der Waals surface area (Å²) in [5.74, 6) is 0.159. The number of fused-ring (bicyclic) bond motifs is 2. The Morgan fingerprint density at radius 3 is 2.63 bits per heavy atom. The van der Waals surface area contributed by atoms with E-state index in [1.807, 2.05) is 18.5 Å². The number of hydrogen-bond donors (Lipinski definition) is 3. The van der Waals surface area contributed by atoms with E-state index < -0.39 is 0 Å². The van der Waals surface area contributed by atoms with Crippen LogP contribution in [0.4, 0.5) is 0 Å². The Bertz CT molecular complexity index is 1540. The van der Waals surface area contributed by atoms with Gasteiger partial charge in [0.1, 0.15) is 0 Å². The lowest BCUT2D eigenvalue weighted by atomic mass is 9.60. The van der Waals surface area contributed by atoms with Crippen LogP contribution in [-0.4, -0.2) is 55.5 Å². The van der Waals surface area contributed by atoms with E-state index in [1.54, 1.807) is 0 Å². The molecule has 2 aliphatic heterocycles. The third kappa shape index (κ3) is 3.63. The van der Waals surface area contributed by atoms with Crippen LogP contribution in [0.2, 0.25) is 5.02 Å². The summed E-state index contributed by atoms with van der Waals surface area (Å²) in [6.45, 7) is 14.6. The van der Waals surface area contributed by atoms with Crippen LogP contribution in [-0.2, 0) is 0 Å². The summed E-state index contributed by atoms with van der Waals surface area (Å²) in [4.78, 5) is 2.35. The van der Waals surface area contributed by atoms with Crippen molar-refractivity contribution in [2.24, 2.45) is 5.41 Å².